The molecule has 124 valence electrons. The van der Waals surface area contributed by atoms with Gasteiger partial charge in [-0.2, -0.15) is 5.10 Å². The number of hydrogen-bond donors (Lipinski definition) is 1. The molecule has 3 rings (SSSR count). The van der Waals surface area contributed by atoms with E-state index in [1.165, 1.54) is 17.7 Å². The van der Waals surface area contributed by atoms with Gasteiger partial charge in [-0.3, -0.25) is 9.89 Å². The number of aromatic amines is 1. The molecule has 3 heterocycles. The molecule has 1 aliphatic rings. The van der Waals surface area contributed by atoms with Crippen LogP contribution < -0.4 is 0 Å². The minimum Gasteiger partial charge on any atom is -0.342 e. The number of rotatable bonds is 6. The van der Waals surface area contributed by atoms with Crippen LogP contribution >= 0.6 is 0 Å². The summed E-state index contributed by atoms with van der Waals surface area (Å²) in [5, 5.41) is 7.18. The van der Waals surface area contributed by atoms with Gasteiger partial charge in [-0.1, -0.05) is 0 Å². The van der Waals surface area contributed by atoms with Crippen LogP contribution in [-0.2, 0) is 17.8 Å². The maximum atomic E-state index is 12.4. The summed E-state index contributed by atoms with van der Waals surface area (Å²) in [5.41, 5.74) is 2.43. The predicted molar refractivity (Wildman–Crippen MR) is 87.8 cm³/mol. The van der Waals surface area contributed by atoms with E-state index in [1.54, 1.807) is 12.5 Å². The standard InChI is InChI=1S/C17H25N5O/c1-14-11-19-20-16(14)10-15-4-2-8-22(12-15)17(23)5-3-7-21-9-6-18-13-21/h6,9,11,13,15H,2-5,7-8,10,12H2,1H3,(H,19,20)/t15-/m0/s1. The molecular formula is C17H25N5O. The fourth-order valence-electron chi connectivity index (χ4n) is 3.32. The first-order valence-electron chi connectivity index (χ1n) is 8.44. The van der Waals surface area contributed by atoms with Gasteiger partial charge in [0.05, 0.1) is 12.5 Å². The molecule has 1 aliphatic heterocycles. The Balaban J connectivity index is 1.45. The second kappa shape index (κ2) is 7.44. The molecule has 0 aromatic carbocycles. The molecule has 1 atom stereocenters. The number of H-pyrrole nitrogens is 1. The molecule has 0 saturated carbocycles. The number of aromatic nitrogens is 4. The summed E-state index contributed by atoms with van der Waals surface area (Å²) in [6.07, 6.45) is 12.2. The number of nitrogens with one attached hydrogen (secondary N) is 1. The molecule has 6 nitrogen and oxygen atoms in total. The molecule has 0 bridgehead atoms. The van der Waals surface area contributed by atoms with Crippen LogP contribution in [0.4, 0.5) is 0 Å². The average Bonchev–Trinajstić information content (AvgIpc) is 3.20. The van der Waals surface area contributed by atoms with Gasteiger partial charge in [-0.25, -0.2) is 4.98 Å². The lowest BCUT2D eigenvalue weighted by molar-refractivity contribution is -0.133. The van der Waals surface area contributed by atoms with Crippen LogP contribution in [0.1, 0.15) is 36.9 Å². The maximum Gasteiger partial charge on any atom is 0.222 e. The summed E-state index contributed by atoms with van der Waals surface area (Å²) < 4.78 is 2.02. The fraction of sp³-hybridized carbons (Fsp3) is 0.588. The van der Waals surface area contributed by atoms with E-state index in [2.05, 4.69) is 22.1 Å². The van der Waals surface area contributed by atoms with Crippen molar-refractivity contribution in [3.8, 4) is 0 Å². The molecule has 1 N–H and O–H groups in total. The largest absolute Gasteiger partial charge is 0.342 e. The van der Waals surface area contributed by atoms with Crippen LogP contribution in [0.25, 0.3) is 0 Å². The van der Waals surface area contributed by atoms with Crippen LogP contribution in [0.15, 0.2) is 24.9 Å². The average molecular weight is 315 g/mol. The first kappa shape index (κ1) is 15.8. The van der Waals surface area contributed by atoms with Gasteiger partial charge in [0.1, 0.15) is 0 Å². The Bertz CT molecular complexity index is 619. The third-order valence-corrected chi connectivity index (χ3v) is 4.66. The smallest absolute Gasteiger partial charge is 0.222 e. The van der Waals surface area contributed by atoms with Crippen molar-refractivity contribution in [2.45, 2.75) is 45.6 Å². The van der Waals surface area contributed by atoms with E-state index in [0.717, 1.165) is 38.9 Å². The van der Waals surface area contributed by atoms with Crippen molar-refractivity contribution < 1.29 is 4.79 Å². The number of amides is 1. The lowest BCUT2D eigenvalue weighted by Crippen LogP contribution is -2.40. The lowest BCUT2D eigenvalue weighted by atomic mass is 9.92. The number of carbonyl (C=O) groups is 1. The molecule has 1 amide bonds. The molecular weight excluding hydrogens is 290 g/mol. The van der Waals surface area contributed by atoms with Crippen LogP contribution in [0.5, 0.6) is 0 Å². The van der Waals surface area contributed by atoms with Crippen molar-refractivity contribution in [1.82, 2.24) is 24.6 Å². The second-order valence-electron chi connectivity index (χ2n) is 6.49. The van der Waals surface area contributed by atoms with Crippen molar-refractivity contribution in [3.05, 3.63) is 36.2 Å². The number of nitrogens with zero attached hydrogens (tertiary/aromatic N) is 4. The normalized spacial score (nSPS) is 18.3. The molecule has 0 unspecified atom stereocenters. The zero-order valence-electron chi connectivity index (χ0n) is 13.7. The molecule has 0 spiro atoms. The van der Waals surface area contributed by atoms with Gasteiger partial charge < -0.3 is 9.47 Å². The second-order valence-corrected chi connectivity index (χ2v) is 6.49. The summed E-state index contributed by atoms with van der Waals surface area (Å²) in [7, 11) is 0. The summed E-state index contributed by atoms with van der Waals surface area (Å²) in [5.74, 6) is 0.830. The van der Waals surface area contributed by atoms with E-state index in [4.69, 9.17) is 0 Å². The van der Waals surface area contributed by atoms with Gasteiger partial charge in [0.25, 0.3) is 0 Å². The number of carbonyl (C=O) groups excluding carboxylic acids is 1. The summed E-state index contributed by atoms with van der Waals surface area (Å²) in [6, 6.07) is 0. The van der Waals surface area contributed by atoms with E-state index >= 15 is 0 Å². The van der Waals surface area contributed by atoms with E-state index in [-0.39, 0.29) is 5.91 Å². The topological polar surface area (TPSA) is 66.8 Å². The summed E-state index contributed by atoms with van der Waals surface area (Å²) >= 11 is 0. The Labute approximate surface area is 136 Å². The van der Waals surface area contributed by atoms with Crippen LogP contribution in [0, 0.1) is 12.8 Å². The van der Waals surface area contributed by atoms with Crippen molar-refractivity contribution in [3.63, 3.8) is 0 Å². The molecule has 1 fully saturated rings. The molecule has 1 saturated heterocycles. The highest BCUT2D eigenvalue weighted by molar-refractivity contribution is 5.76. The minimum atomic E-state index is 0.288. The Morgan fingerprint density at radius 1 is 1.48 bits per heavy atom. The Morgan fingerprint density at radius 2 is 2.39 bits per heavy atom. The maximum absolute atomic E-state index is 12.4. The van der Waals surface area contributed by atoms with Crippen molar-refractivity contribution >= 4 is 5.91 Å². The van der Waals surface area contributed by atoms with Gasteiger partial charge in [-0.05, 0) is 44.1 Å². The highest BCUT2D eigenvalue weighted by Gasteiger charge is 2.24. The quantitative estimate of drug-likeness (QED) is 0.888. The van der Waals surface area contributed by atoms with E-state index in [9.17, 15) is 4.79 Å². The van der Waals surface area contributed by atoms with Crippen LogP contribution in [-0.4, -0.2) is 43.6 Å². The van der Waals surface area contributed by atoms with Crippen LogP contribution in [0.2, 0.25) is 0 Å². The zero-order chi connectivity index (χ0) is 16.1. The monoisotopic (exact) mass is 315 g/mol. The molecule has 23 heavy (non-hydrogen) atoms. The van der Waals surface area contributed by atoms with Gasteiger partial charge in [-0.15, -0.1) is 0 Å². The van der Waals surface area contributed by atoms with Crippen molar-refractivity contribution in [2.24, 2.45) is 5.92 Å². The third-order valence-electron chi connectivity index (χ3n) is 4.66. The van der Waals surface area contributed by atoms with Crippen molar-refractivity contribution in [1.29, 1.82) is 0 Å². The van der Waals surface area contributed by atoms with E-state index in [1.807, 2.05) is 21.9 Å². The molecule has 6 heteroatoms. The number of likely N-dealkylation sites (tertiary alicyclic amines) is 1. The number of piperidine rings is 1. The molecule has 0 aliphatic carbocycles. The fourth-order valence-corrected chi connectivity index (χ4v) is 3.32. The molecule has 2 aromatic rings. The first-order valence-corrected chi connectivity index (χ1v) is 8.44. The minimum absolute atomic E-state index is 0.288. The van der Waals surface area contributed by atoms with Gasteiger partial charge in [0.2, 0.25) is 5.91 Å². The van der Waals surface area contributed by atoms with Gasteiger partial charge in [0.15, 0.2) is 0 Å². The Morgan fingerprint density at radius 3 is 3.13 bits per heavy atom. The first-order chi connectivity index (χ1) is 11.2. The summed E-state index contributed by atoms with van der Waals surface area (Å²) in [4.78, 5) is 18.5. The number of aryl methyl sites for hydroxylation is 2. The van der Waals surface area contributed by atoms with E-state index in [0.29, 0.717) is 12.3 Å². The van der Waals surface area contributed by atoms with E-state index < -0.39 is 0 Å². The number of imidazole rings is 1. The van der Waals surface area contributed by atoms with Gasteiger partial charge >= 0.3 is 0 Å². The molecule has 0 radical (unpaired) electrons. The van der Waals surface area contributed by atoms with Gasteiger partial charge in [0, 0.05) is 44.1 Å². The highest BCUT2D eigenvalue weighted by Crippen LogP contribution is 2.22. The third kappa shape index (κ3) is 4.21. The Kier molecular flexibility index (Phi) is 5.10. The summed E-state index contributed by atoms with van der Waals surface area (Å²) in [6.45, 7) is 4.72. The zero-order valence-corrected chi connectivity index (χ0v) is 13.7. The van der Waals surface area contributed by atoms with Crippen LogP contribution in [0.3, 0.4) is 0 Å². The predicted octanol–water partition coefficient (Wildman–Crippen LogP) is 2.18. The van der Waals surface area contributed by atoms with Crippen molar-refractivity contribution in [2.75, 3.05) is 13.1 Å². The molecule has 2 aromatic heterocycles. The lowest BCUT2D eigenvalue weighted by Gasteiger charge is -2.33. The number of hydrogen-bond acceptors (Lipinski definition) is 3. The SMILES string of the molecule is Cc1cn[nH]c1C[C@@H]1CCCN(C(=O)CCCn2ccnc2)C1. The Hall–Kier alpha value is -2.11. The highest BCUT2D eigenvalue weighted by atomic mass is 16.2.